The molecule has 0 unspecified atom stereocenters. The van der Waals surface area contributed by atoms with Crippen LogP contribution in [-0.4, -0.2) is 35.6 Å². The van der Waals surface area contributed by atoms with Crippen molar-refractivity contribution in [2.45, 2.75) is 19.4 Å². The van der Waals surface area contributed by atoms with Crippen molar-refractivity contribution >= 4 is 52.3 Å². The van der Waals surface area contributed by atoms with E-state index in [0.717, 1.165) is 11.1 Å². The molecule has 3 N–H and O–H groups in total. The first-order chi connectivity index (χ1) is 17.3. The van der Waals surface area contributed by atoms with E-state index in [-0.39, 0.29) is 37.1 Å². The van der Waals surface area contributed by atoms with Gasteiger partial charge in [-0.15, -0.1) is 0 Å². The predicted molar refractivity (Wildman–Crippen MR) is 142 cm³/mol. The average molecular weight is 550 g/mol. The molecule has 0 atom stereocenters. The van der Waals surface area contributed by atoms with Crippen LogP contribution < -0.4 is 11.1 Å². The number of hydrogen-bond donors (Lipinski definition) is 2. The van der Waals surface area contributed by atoms with Crippen molar-refractivity contribution in [2.24, 2.45) is 10.8 Å². The maximum atomic E-state index is 12.5. The fraction of sp³-hybridized carbons (Fsp3) is 0.192. The smallest absolute Gasteiger partial charge is 0.249 e. The highest BCUT2D eigenvalue weighted by atomic mass is 35.5. The third-order valence-corrected chi connectivity index (χ3v) is 6.22. The molecule has 0 saturated heterocycles. The van der Waals surface area contributed by atoms with Gasteiger partial charge in [0.2, 0.25) is 11.8 Å². The first-order valence-corrected chi connectivity index (χ1v) is 12.2. The molecule has 0 bridgehead atoms. The van der Waals surface area contributed by atoms with Gasteiger partial charge in [0.25, 0.3) is 0 Å². The fourth-order valence-electron chi connectivity index (χ4n) is 3.35. The molecule has 0 saturated carbocycles. The van der Waals surface area contributed by atoms with E-state index in [1.54, 1.807) is 60.7 Å². The summed E-state index contributed by atoms with van der Waals surface area (Å²) >= 11 is 18.1. The molecule has 0 fully saturated rings. The second-order valence-electron chi connectivity index (χ2n) is 7.78. The molecule has 3 aromatic rings. The van der Waals surface area contributed by atoms with Gasteiger partial charge in [-0.05, 0) is 47.9 Å². The molecule has 0 aromatic heterocycles. The monoisotopic (exact) mass is 548 g/mol. The summed E-state index contributed by atoms with van der Waals surface area (Å²) in [6.45, 7) is 0.497. The summed E-state index contributed by atoms with van der Waals surface area (Å²) in [4.78, 5) is 24.3. The summed E-state index contributed by atoms with van der Waals surface area (Å²) in [5.74, 6) is -0.739. The zero-order valence-electron chi connectivity index (χ0n) is 19.2. The summed E-state index contributed by atoms with van der Waals surface area (Å²) in [5.41, 5.74) is 7.98. The standard InChI is InChI=1S/C19H16Cl3N3O2.C7H8FN/c20-13-6-4-12(5-7-13)17-10-19(27)25(24-17)11-18(26)23-9-8-14-15(21)2-1-3-16(14)22;8-7-4-2-1-3-6(7)5-9/h1-7H,8-11H2,(H,23,26);1-4H,5,9H2. The van der Waals surface area contributed by atoms with Crippen LogP contribution >= 0.6 is 34.8 Å². The van der Waals surface area contributed by atoms with Crippen molar-refractivity contribution < 1.29 is 14.0 Å². The number of rotatable bonds is 7. The lowest BCUT2D eigenvalue weighted by Gasteiger charge is -2.12. The topological polar surface area (TPSA) is 87.8 Å². The van der Waals surface area contributed by atoms with Gasteiger partial charge in [0.05, 0.1) is 12.1 Å². The number of benzene rings is 3. The molecule has 188 valence electrons. The minimum absolute atomic E-state index is 0.133. The van der Waals surface area contributed by atoms with E-state index in [2.05, 4.69) is 10.4 Å². The normalized spacial score (nSPS) is 12.6. The van der Waals surface area contributed by atoms with Gasteiger partial charge in [-0.25, -0.2) is 9.40 Å². The average Bonchev–Trinajstić information content (AvgIpc) is 3.22. The van der Waals surface area contributed by atoms with Gasteiger partial charge in [-0.2, -0.15) is 5.10 Å². The molecule has 10 heteroatoms. The molecule has 0 spiro atoms. The van der Waals surface area contributed by atoms with E-state index in [4.69, 9.17) is 40.5 Å². The number of nitrogens with one attached hydrogen (secondary N) is 1. The number of halogens is 4. The van der Waals surface area contributed by atoms with Crippen LogP contribution in [0.3, 0.4) is 0 Å². The van der Waals surface area contributed by atoms with Gasteiger partial charge in [0, 0.05) is 33.7 Å². The third kappa shape index (κ3) is 7.77. The Morgan fingerprint density at radius 3 is 2.28 bits per heavy atom. The highest BCUT2D eigenvalue weighted by Crippen LogP contribution is 2.24. The SMILES string of the molecule is NCc1ccccc1F.O=C(CN1N=C(c2ccc(Cl)cc2)CC1=O)NCCc1c(Cl)cccc1Cl. The number of nitrogens with zero attached hydrogens (tertiary/aromatic N) is 2. The van der Waals surface area contributed by atoms with Crippen molar-refractivity contribution in [3.63, 3.8) is 0 Å². The Bertz CT molecular complexity index is 1230. The maximum absolute atomic E-state index is 12.5. The van der Waals surface area contributed by atoms with Crippen LogP contribution in [0.5, 0.6) is 0 Å². The van der Waals surface area contributed by atoms with E-state index in [9.17, 15) is 14.0 Å². The third-order valence-electron chi connectivity index (χ3n) is 5.26. The van der Waals surface area contributed by atoms with E-state index in [1.807, 2.05) is 0 Å². The largest absolute Gasteiger partial charge is 0.354 e. The van der Waals surface area contributed by atoms with Gasteiger partial charge in [-0.1, -0.05) is 71.2 Å². The Balaban J connectivity index is 0.000000338. The Hall–Kier alpha value is -2.97. The zero-order chi connectivity index (χ0) is 26.1. The Morgan fingerprint density at radius 1 is 1.00 bits per heavy atom. The Morgan fingerprint density at radius 2 is 1.67 bits per heavy atom. The summed E-state index contributed by atoms with van der Waals surface area (Å²) in [7, 11) is 0. The summed E-state index contributed by atoms with van der Waals surface area (Å²) in [6, 6.07) is 18.8. The molecule has 1 aliphatic rings. The molecule has 0 aliphatic carbocycles. The van der Waals surface area contributed by atoms with E-state index in [1.165, 1.54) is 11.1 Å². The molecule has 3 aromatic carbocycles. The van der Waals surface area contributed by atoms with Crippen LogP contribution in [0, 0.1) is 5.82 Å². The van der Waals surface area contributed by atoms with E-state index < -0.39 is 0 Å². The van der Waals surface area contributed by atoms with Gasteiger partial charge in [-0.3, -0.25) is 9.59 Å². The number of nitrogens with two attached hydrogens (primary N) is 1. The molecule has 0 radical (unpaired) electrons. The first-order valence-electron chi connectivity index (χ1n) is 11.0. The maximum Gasteiger partial charge on any atom is 0.249 e. The van der Waals surface area contributed by atoms with Crippen LogP contribution in [0.15, 0.2) is 71.8 Å². The van der Waals surface area contributed by atoms with Crippen molar-refractivity contribution in [3.05, 3.63) is 104 Å². The first kappa shape index (κ1) is 27.6. The molecule has 1 aliphatic heterocycles. The summed E-state index contributed by atoms with van der Waals surface area (Å²) < 4.78 is 12.5. The second kappa shape index (κ2) is 13.4. The molecular formula is C26H24Cl3FN4O2. The van der Waals surface area contributed by atoms with Gasteiger partial charge in [0.1, 0.15) is 12.4 Å². The second-order valence-corrected chi connectivity index (χ2v) is 9.03. The van der Waals surface area contributed by atoms with Crippen LogP contribution in [0.25, 0.3) is 0 Å². The Labute approximate surface area is 223 Å². The lowest BCUT2D eigenvalue weighted by atomic mass is 10.1. The highest BCUT2D eigenvalue weighted by Gasteiger charge is 2.26. The summed E-state index contributed by atoms with van der Waals surface area (Å²) in [6.07, 6.45) is 0.654. The molecule has 2 amide bonds. The molecule has 4 rings (SSSR count). The number of amides is 2. The molecule has 1 heterocycles. The summed E-state index contributed by atoms with van der Waals surface area (Å²) in [5, 5.41) is 9.93. The van der Waals surface area contributed by atoms with Gasteiger partial charge < -0.3 is 11.1 Å². The van der Waals surface area contributed by atoms with Gasteiger partial charge >= 0.3 is 0 Å². The minimum Gasteiger partial charge on any atom is -0.354 e. The Kier molecular flexibility index (Phi) is 10.3. The van der Waals surface area contributed by atoms with Crippen molar-refractivity contribution in [3.8, 4) is 0 Å². The van der Waals surface area contributed by atoms with Crippen LogP contribution in [0.2, 0.25) is 15.1 Å². The molecular weight excluding hydrogens is 526 g/mol. The lowest BCUT2D eigenvalue weighted by Crippen LogP contribution is -2.36. The number of carbonyl (C=O) groups excluding carboxylic acids is 2. The van der Waals surface area contributed by atoms with Gasteiger partial charge in [0.15, 0.2) is 0 Å². The van der Waals surface area contributed by atoms with Crippen molar-refractivity contribution in [1.82, 2.24) is 10.3 Å². The number of hydrazone groups is 1. The number of carbonyl (C=O) groups is 2. The minimum atomic E-state index is -0.298. The van der Waals surface area contributed by atoms with E-state index in [0.29, 0.717) is 39.3 Å². The quantitative estimate of drug-likeness (QED) is 0.423. The van der Waals surface area contributed by atoms with Crippen LogP contribution in [0.1, 0.15) is 23.1 Å². The highest BCUT2D eigenvalue weighted by molar-refractivity contribution is 6.36. The molecule has 36 heavy (non-hydrogen) atoms. The lowest BCUT2D eigenvalue weighted by molar-refractivity contribution is -0.134. The number of hydrogen-bond acceptors (Lipinski definition) is 4. The van der Waals surface area contributed by atoms with Crippen molar-refractivity contribution in [1.29, 1.82) is 0 Å². The van der Waals surface area contributed by atoms with Crippen LogP contribution in [0.4, 0.5) is 4.39 Å². The van der Waals surface area contributed by atoms with Crippen molar-refractivity contribution in [2.75, 3.05) is 13.1 Å². The fourth-order valence-corrected chi connectivity index (χ4v) is 4.06. The molecule has 6 nitrogen and oxygen atoms in total. The predicted octanol–water partition coefficient (Wildman–Crippen LogP) is 5.23. The van der Waals surface area contributed by atoms with E-state index >= 15 is 0 Å². The van der Waals surface area contributed by atoms with Crippen LogP contribution in [-0.2, 0) is 22.6 Å². The zero-order valence-corrected chi connectivity index (χ0v) is 21.5.